The molecule has 2 heterocycles. The van der Waals surface area contributed by atoms with Crippen LogP contribution in [0.4, 0.5) is 0 Å². The Morgan fingerprint density at radius 3 is 3.10 bits per heavy atom. The summed E-state index contributed by atoms with van der Waals surface area (Å²) in [7, 11) is 4.22. The normalized spacial score (nSPS) is 20.1. The standard InChI is InChI=1S/C15H24N4O/c1-18(2)14-6-4-8-19(11-14)12-15(20)17-10-13-5-3-7-16-9-13/h3,5,7,9,14H,4,6,8,10-12H2,1-2H3,(H,17,20). The van der Waals surface area contributed by atoms with Gasteiger partial charge in [0.2, 0.25) is 5.91 Å². The highest BCUT2D eigenvalue weighted by Crippen LogP contribution is 2.13. The quantitative estimate of drug-likeness (QED) is 0.861. The summed E-state index contributed by atoms with van der Waals surface area (Å²) >= 11 is 0. The highest BCUT2D eigenvalue weighted by Gasteiger charge is 2.22. The first-order valence-electron chi connectivity index (χ1n) is 7.19. The topological polar surface area (TPSA) is 48.5 Å². The summed E-state index contributed by atoms with van der Waals surface area (Å²) in [6, 6.07) is 4.42. The first-order valence-corrected chi connectivity index (χ1v) is 7.19. The lowest BCUT2D eigenvalue weighted by Crippen LogP contribution is -2.48. The number of nitrogens with zero attached hydrogens (tertiary/aromatic N) is 3. The van der Waals surface area contributed by atoms with Crippen molar-refractivity contribution in [2.24, 2.45) is 0 Å². The summed E-state index contributed by atoms with van der Waals surface area (Å²) in [6.45, 7) is 3.04. The third kappa shape index (κ3) is 4.58. The van der Waals surface area contributed by atoms with E-state index in [4.69, 9.17) is 0 Å². The molecule has 1 aliphatic heterocycles. The van der Waals surface area contributed by atoms with Gasteiger partial charge in [0.15, 0.2) is 0 Å². The van der Waals surface area contributed by atoms with Crippen molar-refractivity contribution in [3.05, 3.63) is 30.1 Å². The van der Waals surface area contributed by atoms with Crippen LogP contribution in [-0.4, -0.2) is 60.5 Å². The Hall–Kier alpha value is -1.46. The predicted octanol–water partition coefficient (Wildman–Crippen LogP) is 0.724. The predicted molar refractivity (Wildman–Crippen MR) is 79.2 cm³/mol. The average Bonchev–Trinajstić information content (AvgIpc) is 2.46. The molecule has 0 spiro atoms. The number of piperidine rings is 1. The van der Waals surface area contributed by atoms with Crippen molar-refractivity contribution >= 4 is 5.91 Å². The molecule has 0 aromatic carbocycles. The van der Waals surface area contributed by atoms with Gasteiger partial charge in [-0.3, -0.25) is 14.7 Å². The minimum atomic E-state index is 0.0910. The molecular formula is C15H24N4O. The minimum Gasteiger partial charge on any atom is -0.351 e. The van der Waals surface area contributed by atoms with E-state index in [1.54, 1.807) is 12.4 Å². The lowest BCUT2D eigenvalue weighted by atomic mass is 10.1. The van der Waals surface area contributed by atoms with Crippen LogP contribution in [0.2, 0.25) is 0 Å². The van der Waals surface area contributed by atoms with Gasteiger partial charge in [-0.05, 0) is 45.1 Å². The number of rotatable bonds is 5. The highest BCUT2D eigenvalue weighted by atomic mass is 16.2. The molecule has 2 rings (SSSR count). The van der Waals surface area contributed by atoms with E-state index in [-0.39, 0.29) is 5.91 Å². The Labute approximate surface area is 121 Å². The number of likely N-dealkylation sites (N-methyl/N-ethyl adjacent to an activating group) is 1. The van der Waals surface area contributed by atoms with Gasteiger partial charge in [0.1, 0.15) is 0 Å². The summed E-state index contributed by atoms with van der Waals surface area (Å²) in [5, 5.41) is 2.96. The molecule has 1 saturated heterocycles. The molecule has 5 heteroatoms. The first kappa shape index (κ1) is 14.9. The largest absolute Gasteiger partial charge is 0.351 e. The number of aromatic nitrogens is 1. The number of hydrogen-bond donors (Lipinski definition) is 1. The highest BCUT2D eigenvalue weighted by molar-refractivity contribution is 5.78. The van der Waals surface area contributed by atoms with E-state index in [2.05, 4.69) is 34.2 Å². The van der Waals surface area contributed by atoms with Crippen LogP contribution in [-0.2, 0) is 11.3 Å². The molecule has 1 aromatic heterocycles. The van der Waals surface area contributed by atoms with Crippen LogP contribution in [0.15, 0.2) is 24.5 Å². The number of carbonyl (C=O) groups is 1. The minimum absolute atomic E-state index is 0.0910. The molecular weight excluding hydrogens is 252 g/mol. The van der Waals surface area contributed by atoms with Gasteiger partial charge in [-0.15, -0.1) is 0 Å². The van der Waals surface area contributed by atoms with Gasteiger partial charge >= 0.3 is 0 Å². The van der Waals surface area contributed by atoms with E-state index in [0.29, 0.717) is 19.1 Å². The molecule has 0 bridgehead atoms. The van der Waals surface area contributed by atoms with Crippen LogP contribution in [0.25, 0.3) is 0 Å². The van der Waals surface area contributed by atoms with Crippen molar-refractivity contribution in [2.75, 3.05) is 33.7 Å². The van der Waals surface area contributed by atoms with Gasteiger partial charge < -0.3 is 10.2 Å². The lowest BCUT2D eigenvalue weighted by molar-refractivity contribution is -0.122. The van der Waals surface area contributed by atoms with E-state index >= 15 is 0 Å². The smallest absolute Gasteiger partial charge is 0.234 e. The first-order chi connectivity index (χ1) is 9.65. The Balaban J connectivity index is 1.74. The fourth-order valence-corrected chi connectivity index (χ4v) is 2.56. The summed E-state index contributed by atoms with van der Waals surface area (Å²) < 4.78 is 0. The summed E-state index contributed by atoms with van der Waals surface area (Å²) in [5.74, 6) is 0.0910. The zero-order valence-corrected chi connectivity index (χ0v) is 12.4. The molecule has 20 heavy (non-hydrogen) atoms. The van der Waals surface area contributed by atoms with Gasteiger partial charge in [-0.25, -0.2) is 0 Å². The molecule has 1 amide bonds. The van der Waals surface area contributed by atoms with Gasteiger partial charge in [-0.1, -0.05) is 6.07 Å². The maximum atomic E-state index is 12.0. The zero-order chi connectivity index (χ0) is 14.4. The molecule has 0 aliphatic carbocycles. The Bertz CT molecular complexity index is 421. The Kier molecular flexibility index (Phi) is 5.49. The second-order valence-electron chi connectivity index (χ2n) is 5.63. The maximum Gasteiger partial charge on any atom is 0.234 e. The van der Waals surface area contributed by atoms with Crippen LogP contribution in [0.3, 0.4) is 0 Å². The van der Waals surface area contributed by atoms with Crippen molar-refractivity contribution in [3.63, 3.8) is 0 Å². The number of carbonyl (C=O) groups excluding carboxylic acids is 1. The fraction of sp³-hybridized carbons (Fsp3) is 0.600. The molecule has 1 N–H and O–H groups in total. The monoisotopic (exact) mass is 276 g/mol. The molecule has 110 valence electrons. The van der Waals surface area contributed by atoms with Crippen LogP contribution in [0.5, 0.6) is 0 Å². The number of likely N-dealkylation sites (tertiary alicyclic amines) is 1. The second kappa shape index (κ2) is 7.36. The van der Waals surface area contributed by atoms with Gasteiger partial charge in [-0.2, -0.15) is 0 Å². The number of nitrogens with one attached hydrogen (secondary N) is 1. The molecule has 0 radical (unpaired) electrons. The number of amides is 1. The fourth-order valence-electron chi connectivity index (χ4n) is 2.56. The van der Waals surface area contributed by atoms with E-state index in [9.17, 15) is 4.79 Å². The van der Waals surface area contributed by atoms with Crippen LogP contribution in [0.1, 0.15) is 18.4 Å². The number of pyridine rings is 1. The van der Waals surface area contributed by atoms with Gasteiger partial charge in [0, 0.05) is 31.5 Å². The van der Waals surface area contributed by atoms with E-state index in [0.717, 1.165) is 18.7 Å². The molecule has 1 unspecified atom stereocenters. The van der Waals surface area contributed by atoms with E-state index in [1.807, 2.05) is 12.1 Å². The van der Waals surface area contributed by atoms with E-state index in [1.165, 1.54) is 12.8 Å². The molecule has 5 nitrogen and oxygen atoms in total. The molecule has 1 fully saturated rings. The van der Waals surface area contributed by atoms with Gasteiger partial charge in [0.25, 0.3) is 0 Å². The summed E-state index contributed by atoms with van der Waals surface area (Å²) in [4.78, 5) is 20.5. The van der Waals surface area contributed by atoms with Crippen LogP contribution >= 0.6 is 0 Å². The van der Waals surface area contributed by atoms with Crippen molar-refractivity contribution in [2.45, 2.75) is 25.4 Å². The molecule has 1 atom stereocenters. The molecule has 0 saturated carbocycles. The second-order valence-corrected chi connectivity index (χ2v) is 5.63. The van der Waals surface area contributed by atoms with Crippen molar-refractivity contribution in [1.29, 1.82) is 0 Å². The molecule has 1 aromatic rings. The van der Waals surface area contributed by atoms with Crippen molar-refractivity contribution < 1.29 is 4.79 Å². The van der Waals surface area contributed by atoms with Crippen LogP contribution < -0.4 is 5.32 Å². The number of hydrogen-bond acceptors (Lipinski definition) is 4. The third-order valence-corrected chi connectivity index (χ3v) is 3.79. The third-order valence-electron chi connectivity index (χ3n) is 3.79. The SMILES string of the molecule is CN(C)C1CCCN(CC(=O)NCc2cccnc2)C1. The summed E-state index contributed by atoms with van der Waals surface area (Å²) in [6.07, 6.45) is 5.91. The van der Waals surface area contributed by atoms with Gasteiger partial charge in [0.05, 0.1) is 6.54 Å². The van der Waals surface area contributed by atoms with Crippen molar-refractivity contribution in [1.82, 2.24) is 20.1 Å². The summed E-state index contributed by atoms with van der Waals surface area (Å²) in [5.41, 5.74) is 1.03. The zero-order valence-electron chi connectivity index (χ0n) is 12.4. The molecule has 1 aliphatic rings. The van der Waals surface area contributed by atoms with Crippen molar-refractivity contribution in [3.8, 4) is 0 Å². The maximum absolute atomic E-state index is 12.0. The lowest BCUT2D eigenvalue weighted by Gasteiger charge is -2.35. The van der Waals surface area contributed by atoms with Crippen LogP contribution in [0, 0.1) is 0 Å². The Morgan fingerprint density at radius 1 is 1.55 bits per heavy atom. The van der Waals surface area contributed by atoms with E-state index < -0.39 is 0 Å². The average molecular weight is 276 g/mol. The Morgan fingerprint density at radius 2 is 2.40 bits per heavy atom.